The Labute approximate surface area is 138 Å². The summed E-state index contributed by atoms with van der Waals surface area (Å²) in [6, 6.07) is 3.08. The van der Waals surface area contributed by atoms with Crippen LogP contribution in [0, 0.1) is 0 Å². The Morgan fingerprint density at radius 2 is 2.27 bits per heavy atom. The molecule has 3 rings (SSSR count). The van der Waals surface area contributed by atoms with Crippen LogP contribution < -0.4 is 5.73 Å². The van der Waals surface area contributed by atoms with Gasteiger partial charge in [-0.15, -0.1) is 0 Å². The number of fused-ring (bicyclic) bond motifs is 3. The van der Waals surface area contributed by atoms with Crippen LogP contribution >= 0.6 is 23.2 Å². The molecule has 0 saturated carbocycles. The summed E-state index contributed by atoms with van der Waals surface area (Å²) in [5.41, 5.74) is 8.86. The number of nitrogens with two attached hydrogens (primary N) is 1. The topological polar surface area (TPSA) is 71.3 Å². The van der Waals surface area contributed by atoms with Crippen molar-refractivity contribution >= 4 is 40.0 Å². The number of rotatable bonds is 3. The highest BCUT2D eigenvalue weighted by atomic mass is 35.5. The number of amides is 1. The molecule has 5 nitrogen and oxygen atoms in total. The SMILES string of the molecule is COCC(N)C(=O)N1CCc2[nH]c3c(Cl)c(Cl)ccc3c2C1. The largest absolute Gasteiger partial charge is 0.383 e. The third kappa shape index (κ3) is 2.58. The molecule has 1 atom stereocenters. The van der Waals surface area contributed by atoms with E-state index in [0.29, 0.717) is 23.1 Å². The second-order valence-corrected chi connectivity index (χ2v) is 6.22. The highest BCUT2D eigenvalue weighted by Gasteiger charge is 2.27. The molecule has 0 radical (unpaired) electrons. The summed E-state index contributed by atoms with van der Waals surface area (Å²) in [6.07, 6.45) is 0.739. The highest BCUT2D eigenvalue weighted by Crippen LogP contribution is 2.35. The van der Waals surface area contributed by atoms with Crippen molar-refractivity contribution in [3.63, 3.8) is 0 Å². The average Bonchev–Trinajstić information content (AvgIpc) is 2.89. The molecule has 1 amide bonds. The number of benzene rings is 1. The lowest BCUT2D eigenvalue weighted by atomic mass is 10.0. The fourth-order valence-corrected chi connectivity index (χ4v) is 3.27. The van der Waals surface area contributed by atoms with E-state index < -0.39 is 6.04 Å². The van der Waals surface area contributed by atoms with Gasteiger partial charge >= 0.3 is 0 Å². The zero-order chi connectivity index (χ0) is 15.9. The number of hydrogen-bond acceptors (Lipinski definition) is 3. The maximum Gasteiger partial charge on any atom is 0.242 e. The first-order valence-corrected chi connectivity index (χ1v) is 7.79. The van der Waals surface area contributed by atoms with E-state index in [0.717, 1.165) is 28.6 Å². The zero-order valence-electron chi connectivity index (χ0n) is 12.2. The van der Waals surface area contributed by atoms with Gasteiger partial charge in [0.15, 0.2) is 0 Å². The number of H-pyrrole nitrogens is 1. The van der Waals surface area contributed by atoms with Crippen molar-refractivity contribution in [2.75, 3.05) is 20.3 Å². The van der Waals surface area contributed by atoms with E-state index in [1.54, 1.807) is 11.0 Å². The van der Waals surface area contributed by atoms with E-state index in [1.807, 2.05) is 6.07 Å². The zero-order valence-corrected chi connectivity index (χ0v) is 13.7. The summed E-state index contributed by atoms with van der Waals surface area (Å²) in [5.74, 6) is -0.0955. The third-order valence-corrected chi connectivity index (χ3v) is 4.82. The van der Waals surface area contributed by atoms with Gasteiger partial charge in [-0.05, 0) is 6.07 Å². The van der Waals surface area contributed by atoms with E-state index in [9.17, 15) is 4.79 Å². The molecule has 0 saturated heterocycles. The van der Waals surface area contributed by atoms with Crippen molar-refractivity contribution in [3.8, 4) is 0 Å². The summed E-state index contributed by atoms with van der Waals surface area (Å²) < 4.78 is 4.96. The minimum Gasteiger partial charge on any atom is -0.383 e. The summed E-state index contributed by atoms with van der Waals surface area (Å²) >= 11 is 12.3. The van der Waals surface area contributed by atoms with Gasteiger partial charge in [0.1, 0.15) is 6.04 Å². The van der Waals surface area contributed by atoms with Gasteiger partial charge in [-0.1, -0.05) is 29.3 Å². The minimum atomic E-state index is -0.630. The summed E-state index contributed by atoms with van der Waals surface area (Å²) in [4.78, 5) is 17.4. The van der Waals surface area contributed by atoms with Crippen LogP contribution in [0.2, 0.25) is 10.0 Å². The lowest BCUT2D eigenvalue weighted by Crippen LogP contribution is -2.47. The predicted octanol–water partition coefficient (Wildman–Crippen LogP) is 2.33. The predicted molar refractivity (Wildman–Crippen MR) is 87.3 cm³/mol. The first-order chi connectivity index (χ1) is 10.5. The summed E-state index contributed by atoms with van der Waals surface area (Å²) in [5, 5.41) is 2.03. The van der Waals surface area contributed by atoms with Crippen LogP contribution in [-0.4, -0.2) is 42.1 Å². The van der Waals surface area contributed by atoms with Crippen LogP contribution in [0.4, 0.5) is 0 Å². The molecule has 1 aromatic carbocycles. The molecule has 2 aromatic rings. The van der Waals surface area contributed by atoms with E-state index in [4.69, 9.17) is 33.7 Å². The van der Waals surface area contributed by atoms with Crippen LogP contribution in [0.5, 0.6) is 0 Å². The van der Waals surface area contributed by atoms with Gasteiger partial charge in [0.2, 0.25) is 5.91 Å². The Balaban J connectivity index is 1.93. The Kier molecular flexibility index (Phi) is 4.32. The molecule has 2 heterocycles. The molecule has 0 spiro atoms. The molecule has 1 aliphatic heterocycles. The number of halogens is 2. The van der Waals surface area contributed by atoms with Crippen molar-refractivity contribution in [2.24, 2.45) is 5.73 Å². The molecule has 118 valence electrons. The lowest BCUT2D eigenvalue weighted by molar-refractivity contribution is -0.134. The molecule has 1 unspecified atom stereocenters. The number of methoxy groups -OCH3 is 1. The fraction of sp³-hybridized carbons (Fsp3) is 0.400. The van der Waals surface area contributed by atoms with Crippen LogP contribution in [0.25, 0.3) is 10.9 Å². The maximum absolute atomic E-state index is 12.3. The van der Waals surface area contributed by atoms with Gasteiger partial charge in [0, 0.05) is 43.3 Å². The number of aromatic nitrogens is 1. The smallest absolute Gasteiger partial charge is 0.242 e. The highest BCUT2D eigenvalue weighted by molar-refractivity contribution is 6.45. The molecule has 0 bridgehead atoms. The van der Waals surface area contributed by atoms with Gasteiger partial charge in [-0.2, -0.15) is 0 Å². The summed E-state index contributed by atoms with van der Waals surface area (Å²) in [6.45, 7) is 1.36. The van der Waals surface area contributed by atoms with Crippen LogP contribution in [0.3, 0.4) is 0 Å². The first-order valence-electron chi connectivity index (χ1n) is 7.03. The van der Waals surface area contributed by atoms with Crippen LogP contribution in [0.15, 0.2) is 12.1 Å². The van der Waals surface area contributed by atoms with Gasteiger partial charge in [-0.3, -0.25) is 4.79 Å². The third-order valence-electron chi connectivity index (χ3n) is 4.02. The second kappa shape index (κ2) is 6.08. The molecule has 1 aliphatic rings. The Morgan fingerprint density at radius 3 is 3.00 bits per heavy atom. The van der Waals surface area contributed by atoms with Crippen molar-refractivity contribution in [2.45, 2.75) is 19.0 Å². The molecule has 3 N–H and O–H groups in total. The Hall–Kier alpha value is -1.27. The molecule has 1 aromatic heterocycles. The number of ether oxygens (including phenoxy) is 1. The monoisotopic (exact) mass is 341 g/mol. The number of nitrogens with zero attached hydrogens (tertiary/aromatic N) is 1. The molecular formula is C15H17Cl2N3O2. The number of aromatic amines is 1. The first kappa shape index (κ1) is 15.6. The van der Waals surface area contributed by atoms with Crippen molar-refractivity contribution in [3.05, 3.63) is 33.4 Å². The van der Waals surface area contributed by atoms with Crippen LogP contribution in [-0.2, 0) is 22.5 Å². The Morgan fingerprint density at radius 1 is 1.50 bits per heavy atom. The van der Waals surface area contributed by atoms with Gasteiger partial charge < -0.3 is 20.4 Å². The quantitative estimate of drug-likeness (QED) is 0.899. The van der Waals surface area contributed by atoms with Gasteiger partial charge in [0.25, 0.3) is 0 Å². The van der Waals surface area contributed by atoms with Crippen molar-refractivity contribution in [1.82, 2.24) is 9.88 Å². The Bertz CT molecular complexity index is 729. The van der Waals surface area contributed by atoms with E-state index in [2.05, 4.69) is 4.98 Å². The van der Waals surface area contributed by atoms with Gasteiger partial charge in [-0.25, -0.2) is 0 Å². The van der Waals surface area contributed by atoms with Crippen LogP contribution in [0.1, 0.15) is 11.3 Å². The molecular weight excluding hydrogens is 325 g/mol. The molecule has 0 aliphatic carbocycles. The maximum atomic E-state index is 12.3. The number of carbonyl (C=O) groups excluding carboxylic acids is 1. The van der Waals surface area contributed by atoms with E-state index in [-0.39, 0.29) is 12.5 Å². The second-order valence-electron chi connectivity index (χ2n) is 5.44. The number of hydrogen-bond donors (Lipinski definition) is 2. The normalized spacial score (nSPS) is 15.9. The van der Waals surface area contributed by atoms with Crippen molar-refractivity contribution in [1.29, 1.82) is 0 Å². The standard InChI is InChI=1S/C15H17Cl2N3O2/c1-22-7-11(18)15(21)20-5-4-12-9(6-20)8-2-3-10(16)13(17)14(8)19-12/h2-3,11,19H,4-7,18H2,1H3. The average molecular weight is 342 g/mol. The minimum absolute atomic E-state index is 0.0955. The number of nitrogens with one attached hydrogen (secondary N) is 1. The number of carbonyl (C=O) groups is 1. The molecule has 7 heteroatoms. The summed E-state index contributed by atoms with van der Waals surface area (Å²) in [7, 11) is 1.53. The fourth-order valence-electron chi connectivity index (χ4n) is 2.90. The van der Waals surface area contributed by atoms with Crippen molar-refractivity contribution < 1.29 is 9.53 Å². The van der Waals surface area contributed by atoms with E-state index in [1.165, 1.54) is 7.11 Å². The van der Waals surface area contributed by atoms with Gasteiger partial charge in [0.05, 0.1) is 22.2 Å². The lowest BCUT2D eigenvalue weighted by Gasteiger charge is -2.29. The molecule has 22 heavy (non-hydrogen) atoms. The van der Waals surface area contributed by atoms with E-state index >= 15 is 0 Å². The molecule has 0 fully saturated rings.